The minimum absolute atomic E-state index is 0.163. The summed E-state index contributed by atoms with van der Waals surface area (Å²) >= 11 is 0. The largest absolute Gasteiger partial charge is 0.454 e. The van der Waals surface area contributed by atoms with Gasteiger partial charge in [-0.25, -0.2) is 46.3 Å². The van der Waals surface area contributed by atoms with Crippen molar-refractivity contribution < 1.29 is 27.0 Å². The van der Waals surface area contributed by atoms with Gasteiger partial charge in [0.2, 0.25) is 18.7 Å². The predicted molar refractivity (Wildman–Crippen MR) is 222 cm³/mol. The second kappa shape index (κ2) is 16.1. The van der Waals surface area contributed by atoms with E-state index in [0.29, 0.717) is 51.1 Å². The molecule has 0 fully saturated rings. The second-order valence-corrected chi connectivity index (χ2v) is 14.4. The molecule has 63 heavy (non-hydrogen) atoms. The van der Waals surface area contributed by atoms with Gasteiger partial charge in [0.1, 0.15) is 24.1 Å². The number of nitrogens with one attached hydrogen (secondary N) is 2. The number of rotatable bonds is 10. The molecule has 0 saturated carbocycles. The lowest BCUT2D eigenvalue weighted by atomic mass is 10.1. The van der Waals surface area contributed by atoms with Crippen molar-refractivity contribution in [3.05, 3.63) is 112 Å². The number of anilines is 4. The van der Waals surface area contributed by atoms with E-state index in [1.54, 1.807) is 32.6 Å². The third-order valence-electron chi connectivity index (χ3n) is 10.2. The van der Waals surface area contributed by atoms with Crippen LogP contribution in [0.25, 0.3) is 44.6 Å². The van der Waals surface area contributed by atoms with Crippen LogP contribution in [-0.2, 0) is 27.2 Å². The molecule has 0 spiro atoms. The number of imidazole rings is 2. The van der Waals surface area contributed by atoms with Crippen molar-refractivity contribution in [3.63, 3.8) is 0 Å². The molecule has 1 aliphatic rings. The van der Waals surface area contributed by atoms with Crippen molar-refractivity contribution >= 4 is 56.5 Å². The number of pyridine rings is 1. The highest BCUT2D eigenvalue weighted by Crippen LogP contribution is 2.37. The number of ether oxygens (including phenoxy) is 2. The number of halogens is 4. The molecular weight excluding hydrogens is 831 g/mol. The van der Waals surface area contributed by atoms with Crippen LogP contribution in [0.3, 0.4) is 0 Å². The Labute approximate surface area is 351 Å². The molecule has 2 aromatic carbocycles. The third-order valence-corrected chi connectivity index (χ3v) is 10.2. The van der Waals surface area contributed by atoms with E-state index in [2.05, 4.69) is 45.8 Å². The van der Waals surface area contributed by atoms with Gasteiger partial charge >= 0.3 is 11.4 Å². The lowest BCUT2D eigenvalue weighted by Crippen LogP contribution is -2.20. The van der Waals surface area contributed by atoms with E-state index in [0.717, 1.165) is 42.8 Å². The monoisotopic (exact) mass is 865 g/mol. The molecule has 9 aromatic rings. The minimum Gasteiger partial charge on any atom is -0.454 e. The van der Waals surface area contributed by atoms with Gasteiger partial charge in [-0.05, 0) is 49.2 Å². The molecular formula is C40H35F4N15O4. The van der Waals surface area contributed by atoms with E-state index >= 15 is 0 Å². The van der Waals surface area contributed by atoms with Crippen LogP contribution >= 0.6 is 0 Å². The first-order chi connectivity index (χ1) is 30.3. The Balaban J connectivity index is 0.000000160. The first kappa shape index (κ1) is 40.3. The zero-order chi connectivity index (χ0) is 44.1. The smallest absolute Gasteiger partial charge is 0.334 e. The number of nitrogens with zero attached hydrogens (tertiary/aromatic N) is 13. The molecule has 7 aromatic heterocycles. The summed E-state index contributed by atoms with van der Waals surface area (Å²) in [5.41, 5.74) is 5.81. The molecule has 1 aliphatic heterocycles. The summed E-state index contributed by atoms with van der Waals surface area (Å²) in [5, 5.41) is 15.1. The second-order valence-electron chi connectivity index (χ2n) is 14.4. The number of fused-ring (bicyclic) bond motifs is 4. The maximum Gasteiger partial charge on any atom is 0.334 e. The first-order valence-electron chi connectivity index (χ1n) is 19.1. The van der Waals surface area contributed by atoms with E-state index in [-0.39, 0.29) is 18.4 Å². The van der Waals surface area contributed by atoms with Crippen LogP contribution in [-0.4, -0.2) is 82.4 Å². The summed E-state index contributed by atoms with van der Waals surface area (Å²) in [7, 11) is 3.19. The maximum absolute atomic E-state index is 12.8. The van der Waals surface area contributed by atoms with Crippen molar-refractivity contribution in [1.82, 2.24) is 62.7 Å². The Morgan fingerprint density at radius 2 is 1.19 bits per heavy atom. The van der Waals surface area contributed by atoms with E-state index in [1.807, 2.05) is 44.2 Å². The van der Waals surface area contributed by atoms with Crippen LogP contribution in [0.4, 0.5) is 40.8 Å². The molecule has 0 saturated heterocycles. The third kappa shape index (κ3) is 7.74. The number of benzene rings is 2. The van der Waals surface area contributed by atoms with Crippen molar-refractivity contribution in [2.24, 2.45) is 14.1 Å². The standard InChI is InChI=1S/C21H18F2N8O.C19H17F2N7O3/c1-12-6-16-13(4-3-5-24-16)7-15(12)27-20-25-9-17-19(28-20)31(21(32)29(17)2)14-8-26-30(10-14)11-18(22)23;1-10-3-14-15(31-9-30-14)4-12(10)24-18-22-6-13-17(25-18)28(19(29)26(13)2)11-5-23-27(7-11)8-16(20)21/h3-10,18H,11H2,1-2H3,(H,25,27,28);3-7,16H,8-9H2,1-2H3,(H,22,24,25). The number of alkyl halides is 4. The van der Waals surface area contributed by atoms with Crippen LogP contribution in [0, 0.1) is 13.8 Å². The van der Waals surface area contributed by atoms with Gasteiger partial charge in [-0.15, -0.1) is 0 Å². The summed E-state index contributed by atoms with van der Waals surface area (Å²) < 4.78 is 69.1. The molecule has 2 N–H and O–H groups in total. The molecule has 10 rings (SSSR count). The van der Waals surface area contributed by atoms with E-state index in [9.17, 15) is 27.2 Å². The topological polar surface area (TPSA) is 196 Å². The van der Waals surface area contributed by atoms with E-state index in [1.165, 1.54) is 49.3 Å². The number of aryl methyl sites for hydroxylation is 4. The van der Waals surface area contributed by atoms with Gasteiger partial charge in [0.05, 0.1) is 41.7 Å². The summed E-state index contributed by atoms with van der Waals surface area (Å²) in [5.74, 6) is 1.83. The lowest BCUT2D eigenvalue weighted by Gasteiger charge is -2.10. The summed E-state index contributed by atoms with van der Waals surface area (Å²) in [4.78, 5) is 47.7. The fourth-order valence-electron chi connectivity index (χ4n) is 7.01. The van der Waals surface area contributed by atoms with Gasteiger partial charge in [0, 0.05) is 55.5 Å². The van der Waals surface area contributed by atoms with Crippen molar-refractivity contribution in [2.75, 3.05) is 17.4 Å². The molecule has 322 valence electrons. The Morgan fingerprint density at radius 3 is 1.73 bits per heavy atom. The Kier molecular flexibility index (Phi) is 10.3. The van der Waals surface area contributed by atoms with Gasteiger partial charge < -0.3 is 20.1 Å². The molecule has 0 unspecified atom stereocenters. The predicted octanol–water partition coefficient (Wildman–Crippen LogP) is 5.54. The average Bonchev–Trinajstić information content (AvgIpc) is 4.09. The molecule has 23 heteroatoms. The Morgan fingerprint density at radius 1 is 0.683 bits per heavy atom. The van der Waals surface area contributed by atoms with Crippen LogP contribution < -0.4 is 31.5 Å². The average molecular weight is 866 g/mol. The molecule has 0 bridgehead atoms. The number of hydrogen-bond acceptors (Lipinski definition) is 13. The van der Waals surface area contributed by atoms with Gasteiger partial charge in [-0.1, -0.05) is 6.07 Å². The van der Waals surface area contributed by atoms with Gasteiger partial charge in [-0.3, -0.25) is 23.5 Å². The SMILES string of the molecule is Cc1cc2c(cc1Nc1ncc3c(n1)n(-c1cnn(CC(F)F)c1)c(=O)n3C)OCO2.Cc1cc2ncccc2cc1Nc1ncc2c(n1)n(-c1cnn(CC(F)F)c1)c(=O)n2C. The minimum atomic E-state index is -2.56. The molecule has 0 amide bonds. The highest BCUT2D eigenvalue weighted by molar-refractivity contribution is 5.85. The Hall–Kier alpha value is -8.11. The molecule has 19 nitrogen and oxygen atoms in total. The zero-order valence-electron chi connectivity index (χ0n) is 33.7. The van der Waals surface area contributed by atoms with Crippen molar-refractivity contribution in [1.29, 1.82) is 0 Å². The number of hydrogen-bond donors (Lipinski definition) is 2. The molecule has 0 radical (unpaired) electrons. The number of aromatic nitrogens is 13. The zero-order valence-corrected chi connectivity index (χ0v) is 33.7. The van der Waals surface area contributed by atoms with Crippen LogP contribution in [0.15, 0.2) is 89.4 Å². The quantitative estimate of drug-likeness (QED) is 0.163. The molecule has 0 aliphatic carbocycles. The van der Waals surface area contributed by atoms with Gasteiger partial charge in [0.25, 0.3) is 12.9 Å². The van der Waals surface area contributed by atoms with Crippen molar-refractivity contribution in [3.8, 4) is 22.9 Å². The van der Waals surface area contributed by atoms with E-state index in [4.69, 9.17) is 9.47 Å². The van der Waals surface area contributed by atoms with Crippen LogP contribution in [0.1, 0.15) is 11.1 Å². The fraction of sp³-hybridized carbons (Fsp3) is 0.225. The normalized spacial score (nSPS) is 12.2. The first-order valence-corrected chi connectivity index (χ1v) is 19.1. The molecule has 0 atom stereocenters. The highest BCUT2D eigenvalue weighted by Gasteiger charge is 2.21. The van der Waals surface area contributed by atoms with E-state index < -0.39 is 31.6 Å². The van der Waals surface area contributed by atoms with Gasteiger partial charge in [-0.2, -0.15) is 20.2 Å². The lowest BCUT2D eigenvalue weighted by molar-refractivity contribution is 0.121. The maximum atomic E-state index is 12.8. The van der Waals surface area contributed by atoms with Gasteiger partial charge in [0.15, 0.2) is 22.8 Å². The van der Waals surface area contributed by atoms with Crippen LogP contribution in [0.5, 0.6) is 11.5 Å². The molecule has 8 heterocycles. The highest BCUT2D eigenvalue weighted by atomic mass is 19.3. The summed E-state index contributed by atoms with van der Waals surface area (Å²) in [6, 6.07) is 11.4. The fourth-order valence-corrected chi connectivity index (χ4v) is 7.01. The summed E-state index contributed by atoms with van der Waals surface area (Å²) in [6.45, 7) is 2.89. The van der Waals surface area contributed by atoms with Crippen LogP contribution in [0.2, 0.25) is 0 Å². The van der Waals surface area contributed by atoms with Crippen molar-refractivity contribution in [2.45, 2.75) is 39.8 Å². The summed E-state index contributed by atoms with van der Waals surface area (Å²) in [6.07, 6.45) is 5.18. The Bertz CT molecular complexity index is 3310.